The van der Waals surface area contributed by atoms with Crippen molar-refractivity contribution in [1.29, 1.82) is 0 Å². The maximum absolute atomic E-state index is 6.90. The van der Waals surface area contributed by atoms with Gasteiger partial charge in [0, 0.05) is 0 Å². The molecule has 0 spiro atoms. The number of nitrogens with two attached hydrogens (primary N) is 2. The second kappa shape index (κ2) is 9.45. The third-order valence-corrected chi connectivity index (χ3v) is 6.61. The molecule has 0 heterocycles. The SMILES string of the molecule is CCC(C)c1cc(C(C)C)cc(C(N)(N)c2cc(C(C)C)cc(C(C)CC)c2)c1. The molecule has 0 aromatic heterocycles. The van der Waals surface area contributed by atoms with E-state index < -0.39 is 5.66 Å². The highest BCUT2D eigenvalue weighted by Gasteiger charge is 2.28. The van der Waals surface area contributed by atoms with Gasteiger partial charge in [0.05, 0.1) is 0 Å². The Hall–Kier alpha value is -1.64. The van der Waals surface area contributed by atoms with Crippen LogP contribution in [-0.2, 0) is 5.66 Å². The van der Waals surface area contributed by atoms with Crippen molar-refractivity contribution in [3.63, 3.8) is 0 Å². The number of hydrogen-bond acceptors (Lipinski definition) is 2. The van der Waals surface area contributed by atoms with Crippen LogP contribution in [0.3, 0.4) is 0 Å². The van der Waals surface area contributed by atoms with E-state index in [4.69, 9.17) is 11.5 Å². The van der Waals surface area contributed by atoms with Crippen LogP contribution in [0.5, 0.6) is 0 Å². The molecule has 0 fully saturated rings. The number of rotatable bonds is 8. The zero-order valence-electron chi connectivity index (χ0n) is 19.8. The Bertz CT molecular complexity index is 750. The smallest absolute Gasteiger partial charge is 0.116 e. The third-order valence-electron chi connectivity index (χ3n) is 6.61. The molecule has 2 unspecified atom stereocenters. The summed E-state index contributed by atoms with van der Waals surface area (Å²) < 4.78 is 0. The minimum absolute atomic E-state index is 0.436. The molecule has 0 aliphatic heterocycles. The Morgan fingerprint density at radius 2 is 0.897 bits per heavy atom. The Labute approximate surface area is 179 Å². The minimum Gasteiger partial charge on any atom is -0.306 e. The lowest BCUT2D eigenvalue weighted by Crippen LogP contribution is -2.47. The van der Waals surface area contributed by atoms with Crippen LogP contribution in [0.2, 0.25) is 0 Å². The fourth-order valence-corrected chi connectivity index (χ4v) is 3.70. The van der Waals surface area contributed by atoms with Crippen LogP contribution in [0.15, 0.2) is 36.4 Å². The Morgan fingerprint density at radius 3 is 1.17 bits per heavy atom. The fraction of sp³-hybridized carbons (Fsp3) is 0.556. The molecule has 29 heavy (non-hydrogen) atoms. The van der Waals surface area contributed by atoms with Crippen molar-refractivity contribution in [3.05, 3.63) is 69.8 Å². The molecular formula is C27H42N2. The first-order valence-corrected chi connectivity index (χ1v) is 11.4. The summed E-state index contributed by atoms with van der Waals surface area (Å²) in [6.07, 6.45) is 2.20. The van der Waals surface area contributed by atoms with Gasteiger partial charge in [-0.15, -0.1) is 0 Å². The molecule has 160 valence electrons. The van der Waals surface area contributed by atoms with Gasteiger partial charge >= 0.3 is 0 Å². The van der Waals surface area contributed by atoms with Gasteiger partial charge in [-0.1, -0.05) is 91.8 Å². The molecule has 2 rings (SSSR count). The fourth-order valence-electron chi connectivity index (χ4n) is 3.70. The van der Waals surface area contributed by atoms with Crippen molar-refractivity contribution in [3.8, 4) is 0 Å². The molecule has 2 aromatic carbocycles. The maximum atomic E-state index is 6.90. The normalized spacial score (nSPS) is 14.5. The average Bonchev–Trinajstić information content (AvgIpc) is 2.71. The van der Waals surface area contributed by atoms with E-state index in [1.807, 2.05) is 0 Å². The molecule has 0 aliphatic carbocycles. The van der Waals surface area contributed by atoms with Crippen LogP contribution in [0.25, 0.3) is 0 Å². The summed E-state index contributed by atoms with van der Waals surface area (Å²) in [5.41, 5.74) is 20.1. The lowest BCUT2D eigenvalue weighted by atomic mass is 9.82. The molecule has 2 aromatic rings. The summed E-state index contributed by atoms with van der Waals surface area (Å²) in [6.45, 7) is 17.9. The van der Waals surface area contributed by atoms with Gasteiger partial charge in [-0.05, 0) is 69.9 Å². The van der Waals surface area contributed by atoms with Crippen molar-refractivity contribution < 1.29 is 0 Å². The van der Waals surface area contributed by atoms with Gasteiger partial charge < -0.3 is 11.5 Å². The molecule has 2 nitrogen and oxygen atoms in total. The van der Waals surface area contributed by atoms with Gasteiger partial charge in [0.15, 0.2) is 0 Å². The number of benzene rings is 2. The highest BCUT2D eigenvalue weighted by Crippen LogP contribution is 2.33. The Kier molecular flexibility index (Phi) is 7.70. The summed E-state index contributed by atoms with van der Waals surface area (Å²) >= 11 is 0. The van der Waals surface area contributed by atoms with E-state index >= 15 is 0 Å². The molecule has 0 radical (unpaired) electrons. The van der Waals surface area contributed by atoms with Crippen molar-refractivity contribution in [2.24, 2.45) is 11.5 Å². The lowest BCUT2D eigenvalue weighted by molar-refractivity contribution is 0.560. The van der Waals surface area contributed by atoms with Crippen molar-refractivity contribution in [2.45, 2.75) is 97.6 Å². The molecule has 0 saturated carbocycles. The van der Waals surface area contributed by atoms with Crippen LogP contribution in [0.4, 0.5) is 0 Å². The van der Waals surface area contributed by atoms with E-state index in [-0.39, 0.29) is 0 Å². The summed E-state index contributed by atoms with van der Waals surface area (Å²) in [5.74, 6) is 1.85. The van der Waals surface area contributed by atoms with Crippen LogP contribution < -0.4 is 11.5 Å². The maximum Gasteiger partial charge on any atom is 0.116 e. The van der Waals surface area contributed by atoms with Gasteiger partial charge in [0.2, 0.25) is 0 Å². The first kappa shape index (κ1) is 23.6. The second-order valence-corrected chi connectivity index (χ2v) is 9.57. The summed E-state index contributed by atoms with van der Waals surface area (Å²) in [6, 6.07) is 13.5. The number of hydrogen-bond donors (Lipinski definition) is 2. The standard InChI is InChI=1S/C27H42N2/c1-9-19(7)23-11-21(17(3)4)13-25(15-23)27(28,29)26-14-22(18(5)6)12-24(16-26)20(8)10-2/h11-20H,9-10,28-29H2,1-8H3. The van der Waals surface area contributed by atoms with Crippen LogP contribution >= 0.6 is 0 Å². The van der Waals surface area contributed by atoms with Crippen molar-refractivity contribution >= 4 is 0 Å². The van der Waals surface area contributed by atoms with E-state index in [1.165, 1.54) is 22.3 Å². The molecule has 2 atom stereocenters. The van der Waals surface area contributed by atoms with E-state index in [1.54, 1.807) is 0 Å². The van der Waals surface area contributed by atoms with E-state index in [0.717, 1.165) is 24.0 Å². The van der Waals surface area contributed by atoms with E-state index in [0.29, 0.717) is 23.7 Å². The third kappa shape index (κ3) is 5.29. The van der Waals surface area contributed by atoms with Gasteiger partial charge in [0.25, 0.3) is 0 Å². The zero-order chi connectivity index (χ0) is 21.9. The van der Waals surface area contributed by atoms with Crippen LogP contribution in [0.1, 0.15) is 125 Å². The highest BCUT2D eigenvalue weighted by atomic mass is 15.0. The summed E-state index contributed by atoms with van der Waals surface area (Å²) in [7, 11) is 0. The van der Waals surface area contributed by atoms with Crippen LogP contribution in [0, 0.1) is 0 Å². The highest BCUT2D eigenvalue weighted by molar-refractivity contribution is 5.46. The summed E-state index contributed by atoms with van der Waals surface area (Å²) in [5, 5.41) is 0. The molecule has 2 heteroatoms. The van der Waals surface area contributed by atoms with Gasteiger partial charge in [0.1, 0.15) is 5.66 Å². The first-order valence-electron chi connectivity index (χ1n) is 11.4. The molecular weight excluding hydrogens is 352 g/mol. The molecule has 4 N–H and O–H groups in total. The largest absolute Gasteiger partial charge is 0.306 e. The zero-order valence-corrected chi connectivity index (χ0v) is 19.8. The molecule has 0 amide bonds. The monoisotopic (exact) mass is 394 g/mol. The summed E-state index contributed by atoms with van der Waals surface area (Å²) in [4.78, 5) is 0. The predicted octanol–water partition coefficient (Wildman–Crippen LogP) is 7.08. The quantitative estimate of drug-likeness (QED) is 0.470. The topological polar surface area (TPSA) is 52.0 Å². The lowest BCUT2D eigenvalue weighted by Gasteiger charge is -2.30. The van der Waals surface area contributed by atoms with Gasteiger partial charge in [-0.25, -0.2) is 0 Å². The Balaban J connectivity index is 2.68. The van der Waals surface area contributed by atoms with E-state index in [2.05, 4.69) is 91.8 Å². The predicted molar refractivity (Wildman–Crippen MR) is 128 cm³/mol. The molecule has 0 aliphatic rings. The first-order chi connectivity index (χ1) is 13.5. The average molecular weight is 395 g/mol. The Morgan fingerprint density at radius 1 is 0.586 bits per heavy atom. The molecule has 0 bridgehead atoms. The van der Waals surface area contributed by atoms with E-state index in [9.17, 15) is 0 Å². The second-order valence-electron chi connectivity index (χ2n) is 9.57. The van der Waals surface area contributed by atoms with Crippen LogP contribution in [-0.4, -0.2) is 0 Å². The van der Waals surface area contributed by atoms with Crippen molar-refractivity contribution in [1.82, 2.24) is 0 Å². The van der Waals surface area contributed by atoms with Gasteiger partial charge in [-0.2, -0.15) is 0 Å². The van der Waals surface area contributed by atoms with Gasteiger partial charge in [-0.3, -0.25) is 0 Å². The minimum atomic E-state index is -1.01. The van der Waals surface area contributed by atoms with Crippen molar-refractivity contribution in [2.75, 3.05) is 0 Å². The molecule has 0 saturated heterocycles.